The lowest BCUT2D eigenvalue weighted by atomic mass is 9.89. The smallest absolute Gasteiger partial charge is 0.198 e. The quantitative estimate of drug-likeness (QED) is 0.237. The maximum atomic E-state index is 6.16. The van der Waals surface area contributed by atoms with E-state index in [0.29, 0.717) is 10.0 Å². The molecular weight excluding hydrogens is 463 g/mol. The van der Waals surface area contributed by atoms with E-state index in [-0.39, 0.29) is 0 Å². The molecule has 1 aromatic carbocycles. The fourth-order valence-electron chi connectivity index (χ4n) is 3.79. The van der Waals surface area contributed by atoms with Crippen molar-refractivity contribution in [2.75, 3.05) is 6.26 Å². The molecule has 1 aliphatic carbocycles. The zero-order valence-electron chi connectivity index (χ0n) is 15.9. The van der Waals surface area contributed by atoms with Crippen molar-refractivity contribution < 1.29 is 0 Å². The van der Waals surface area contributed by atoms with Crippen LogP contribution >= 0.6 is 58.1 Å². The maximum Gasteiger partial charge on any atom is 0.198 e. The summed E-state index contributed by atoms with van der Waals surface area (Å²) in [5, 5.41) is 13.2. The average Bonchev–Trinajstić information content (AvgIpc) is 3.28. The van der Waals surface area contributed by atoms with E-state index < -0.39 is 0 Å². The molecule has 1 atom stereocenters. The second-order valence-corrected chi connectivity index (χ2v) is 10.9. The highest BCUT2D eigenvalue weighted by atomic mass is 35.5. The van der Waals surface area contributed by atoms with Crippen molar-refractivity contribution in [2.45, 2.75) is 42.3 Å². The fraction of sp³-hybridized carbons (Fsp3) is 0.350. The molecule has 150 valence electrons. The van der Waals surface area contributed by atoms with Gasteiger partial charge in [-0.2, -0.15) is 0 Å². The molecule has 0 amide bonds. The van der Waals surface area contributed by atoms with Gasteiger partial charge in [0.1, 0.15) is 4.83 Å². The molecule has 0 N–H and O–H groups in total. The van der Waals surface area contributed by atoms with Crippen LogP contribution in [0.15, 0.2) is 28.5 Å². The molecule has 0 fully saturated rings. The van der Waals surface area contributed by atoms with E-state index in [1.165, 1.54) is 22.2 Å². The number of rotatable bonds is 4. The number of thiophene rings is 1. The van der Waals surface area contributed by atoms with Crippen LogP contribution in [0.4, 0.5) is 0 Å². The lowest BCUT2D eigenvalue weighted by Crippen LogP contribution is -2.08. The summed E-state index contributed by atoms with van der Waals surface area (Å²) in [7, 11) is 0. The lowest BCUT2D eigenvalue weighted by Gasteiger charge is -2.17. The van der Waals surface area contributed by atoms with Crippen LogP contribution in [0.25, 0.3) is 15.9 Å². The molecule has 1 unspecified atom stereocenters. The van der Waals surface area contributed by atoms with Crippen molar-refractivity contribution in [3.05, 3.63) is 44.2 Å². The van der Waals surface area contributed by atoms with Crippen molar-refractivity contribution in [3.8, 4) is 0 Å². The van der Waals surface area contributed by atoms with Crippen LogP contribution in [0.2, 0.25) is 10.0 Å². The second-order valence-electron chi connectivity index (χ2n) is 7.31. The molecule has 0 bridgehead atoms. The number of benzene rings is 1. The van der Waals surface area contributed by atoms with Crippen LogP contribution in [0, 0.1) is 5.92 Å². The van der Waals surface area contributed by atoms with Crippen LogP contribution in [0.5, 0.6) is 0 Å². The summed E-state index contributed by atoms with van der Waals surface area (Å²) >= 11 is 17.3. The minimum absolute atomic E-state index is 0.571. The van der Waals surface area contributed by atoms with Crippen molar-refractivity contribution >= 4 is 73.9 Å². The van der Waals surface area contributed by atoms with Gasteiger partial charge in [-0.1, -0.05) is 59.7 Å². The molecule has 9 heteroatoms. The molecular formula is C20H18Cl2N4S3. The fourth-order valence-corrected chi connectivity index (χ4v) is 7.02. The summed E-state index contributed by atoms with van der Waals surface area (Å²) in [6, 6.07) is 5.73. The molecule has 4 aromatic rings. The van der Waals surface area contributed by atoms with E-state index in [4.69, 9.17) is 28.2 Å². The number of aryl methyl sites for hydroxylation is 1. The van der Waals surface area contributed by atoms with E-state index in [1.54, 1.807) is 23.5 Å². The molecule has 0 saturated carbocycles. The number of aromatic nitrogens is 4. The van der Waals surface area contributed by atoms with Gasteiger partial charge in [-0.3, -0.25) is 0 Å². The molecule has 4 nitrogen and oxygen atoms in total. The Morgan fingerprint density at radius 1 is 1.21 bits per heavy atom. The first-order chi connectivity index (χ1) is 14.0. The standard InChI is InChI=1S/C20H18Cl2N4S3/c1-10-3-5-12-15(7-10)29-18-16(12)17-24-25-20(26(17)19(23-18)27-2)28-9-11-4-6-13(21)14(22)8-11/h4,6,8,10H,3,5,7,9H2,1-2H3. The van der Waals surface area contributed by atoms with Crippen molar-refractivity contribution in [1.82, 2.24) is 19.6 Å². The van der Waals surface area contributed by atoms with Crippen LogP contribution in [-0.4, -0.2) is 25.8 Å². The van der Waals surface area contributed by atoms with Gasteiger partial charge in [0, 0.05) is 10.6 Å². The van der Waals surface area contributed by atoms with Gasteiger partial charge in [0.05, 0.1) is 15.4 Å². The molecule has 3 aromatic heterocycles. The zero-order chi connectivity index (χ0) is 20.1. The normalized spacial score (nSPS) is 16.6. The van der Waals surface area contributed by atoms with Crippen LogP contribution < -0.4 is 0 Å². The van der Waals surface area contributed by atoms with Gasteiger partial charge in [-0.15, -0.1) is 21.5 Å². The molecule has 3 heterocycles. The number of halogens is 2. The highest BCUT2D eigenvalue weighted by molar-refractivity contribution is 7.99. The highest BCUT2D eigenvalue weighted by Gasteiger charge is 2.25. The number of hydrogen-bond acceptors (Lipinski definition) is 6. The predicted molar refractivity (Wildman–Crippen MR) is 125 cm³/mol. The number of fused-ring (bicyclic) bond motifs is 5. The van der Waals surface area contributed by atoms with Crippen LogP contribution in [-0.2, 0) is 18.6 Å². The van der Waals surface area contributed by atoms with Crippen molar-refractivity contribution in [3.63, 3.8) is 0 Å². The van der Waals surface area contributed by atoms with Crippen LogP contribution in [0.3, 0.4) is 0 Å². The Bertz CT molecular complexity index is 1230. The molecule has 1 aliphatic rings. The van der Waals surface area contributed by atoms with Gasteiger partial charge in [0.15, 0.2) is 16.0 Å². The van der Waals surface area contributed by atoms with E-state index in [1.807, 2.05) is 29.5 Å². The third-order valence-electron chi connectivity index (χ3n) is 5.27. The minimum atomic E-state index is 0.571. The average molecular weight is 481 g/mol. The molecule has 5 rings (SSSR count). The van der Waals surface area contributed by atoms with Gasteiger partial charge >= 0.3 is 0 Å². The summed E-state index contributed by atoms with van der Waals surface area (Å²) in [4.78, 5) is 7.54. The Kier molecular flexibility index (Phi) is 5.45. The Balaban J connectivity index is 1.58. The zero-order valence-corrected chi connectivity index (χ0v) is 19.9. The van der Waals surface area contributed by atoms with Crippen molar-refractivity contribution in [2.24, 2.45) is 5.92 Å². The van der Waals surface area contributed by atoms with E-state index >= 15 is 0 Å². The van der Waals surface area contributed by atoms with Gasteiger partial charge < -0.3 is 0 Å². The Hall–Kier alpha value is -0.990. The maximum absolute atomic E-state index is 6.16. The Morgan fingerprint density at radius 2 is 2.07 bits per heavy atom. The van der Waals surface area contributed by atoms with Gasteiger partial charge in [0.25, 0.3) is 0 Å². The Morgan fingerprint density at radius 3 is 2.86 bits per heavy atom. The third kappa shape index (κ3) is 3.55. The minimum Gasteiger partial charge on any atom is -0.248 e. The highest BCUT2D eigenvalue weighted by Crippen LogP contribution is 2.40. The second kappa shape index (κ2) is 7.93. The topological polar surface area (TPSA) is 43.1 Å². The molecule has 0 saturated heterocycles. The summed E-state index contributed by atoms with van der Waals surface area (Å²) in [6.07, 6.45) is 5.52. The van der Waals surface area contributed by atoms with Crippen LogP contribution in [0.1, 0.15) is 29.3 Å². The molecule has 0 spiro atoms. The number of nitrogens with zero attached hydrogens (tertiary/aromatic N) is 4. The van der Waals surface area contributed by atoms with Crippen molar-refractivity contribution in [1.29, 1.82) is 0 Å². The van der Waals surface area contributed by atoms with E-state index in [2.05, 4.69) is 27.8 Å². The van der Waals surface area contributed by atoms with E-state index in [0.717, 1.165) is 50.9 Å². The molecule has 29 heavy (non-hydrogen) atoms. The Labute approximate surface area is 191 Å². The summed E-state index contributed by atoms with van der Waals surface area (Å²) in [5.74, 6) is 1.48. The van der Waals surface area contributed by atoms with Gasteiger partial charge in [-0.25, -0.2) is 9.38 Å². The first kappa shape index (κ1) is 19.9. The van der Waals surface area contributed by atoms with E-state index in [9.17, 15) is 0 Å². The molecule has 0 aliphatic heterocycles. The first-order valence-corrected chi connectivity index (χ1v) is 13.1. The lowest BCUT2D eigenvalue weighted by molar-refractivity contribution is 0.509. The first-order valence-electron chi connectivity index (χ1n) is 9.35. The summed E-state index contributed by atoms with van der Waals surface area (Å²) in [5.41, 5.74) is 3.47. The largest absolute Gasteiger partial charge is 0.248 e. The van der Waals surface area contributed by atoms with Gasteiger partial charge in [0.2, 0.25) is 0 Å². The number of thioether (sulfide) groups is 2. The monoisotopic (exact) mass is 480 g/mol. The van der Waals surface area contributed by atoms with Gasteiger partial charge in [-0.05, 0) is 54.7 Å². The summed E-state index contributed by atoms with van der Waals surface area (Å²) in [6.45, 7) is 2.33. The number of hydrogen-bond donors (Lipinski definition) is 0. The predicted octanol–water partition coefficient (Wildman–Crippen LogP) is 6.78. The molecule has 0 radical (unpaired) electrons. The SMILES string of the molecule is CSc1nc2sc3c(c2c2nnc(SCc4ccc(Cl)c(Cl)c4)n12)CCC(C)C3. The summed E-state index contributed by atoms with van der Waals surface area (Å²) < 4.78 is 2.11. The third-order valence-corrected chi connectivity index (χ3v) is 8.80.